The summed E-state index contributed by atoms with van der Waals surface area (Å²) in [5.41, 5.74) is 17.0. The Kier molecular flexibility index (Phi) is 6.34. The molecular weight excluding hydrogens is 667 g/mol. The number of hydrogen-bond acceptors (Lipinski definition) is 2. The lowest BCUT2D eigenvalue weighted by Crippen LogP contribution is -1.94. The van der Waals surface area contributed by atoms with E-state index in [0.717, 1.165) is 27.6 Å². The Morgan fingerprint density at radius 2 is 1.04 bits per heavy atom. The molecule has 0 atom stereocenters. The average Bonchev–Trinajstić information content (AvgIpc) is 3.76. The Morgan fingerprint density at radius 1 is 0.382 bits per heavy atom. The van der Waals surface area contributed by atoms with E-state index in [9.17, 15) is 0 Å². The smallest absolute Gasteiger partial charge is 0.0724 e. The van der Waals surface area contributed by atoms with Crippen LogP contribution in [0.1, 0.15) is 0 Å². The standard InChI is InChI=1S/C52H31N3/c1-3-11-33(12-4-1)48-40-16-7-8-17-41(40)49(34-13-5-2-6-14-34)52-43-25-24-37(39-18-9-19-42(50(39)43)51(48)52)32-20-22-36(23-21-32)55-46-29-35-15-10-27-54-45(35)30-44(46)38-26-28-53-31-47(38)55/h1-31H. The van der Waals surface area contributed by atoms with Crippen LogP contribution in [0.5, 0.6) is 0 Å². The van der Waals surface area contributed by atoms with E-state index < -0.39 is 0 Å². The van der Waals surface area contributed by atoms with Crippen molar-refractivity contribution in [1.29, 1.82) is 0 Å². The van der Waals surface area contributed by atoms with Gasteiger partial charge in [-0.3, -0.25) is 9.97 Å². The average molecular weight is 698 g/mol. The summed E-state index contributed by atoms with van der Waals surface area (Å²) in [6.07, 6.45) is 5.71. The number of rotatable bonds is 4. The molecule has 8 aromatic carbocycles. The monoisotopic (exact) mass is 697 g/mol. The van der Waals surface area contributed by atoms with Crippen molar-refractivity contribution >= 4 is 54.3 Å². The molecule has 11 aromatic rings. The Bertz CT molecular complexity index is 3250. The molecule has 12 rings (SSSR count). The zero-order valence-electron chi connectivity index (χ0n) is 29.7. The minimum absolute atomic E-state index is 0.996. The Labute approximate surface area is 317 Å². The van der Waals surface area contributed by atoms with E-state index in [0.29, 0.717) is 0 Å². The summed E-state index contributed by atoms with van der Waals surface area (Å²) in [7, 11) is 0. The van der Waals surface area contributed by atoms with E-state index in [-0.39, 0.29) is 0 Å². The zero-order valence-corrected chi connectivity index (χ0v) is 29.7. The first kappa shape index (κ1) is 30.1. The van der Waals surface area contributed by atoms with Crippen molar-refractivity contribution in [3.8, 4) is 61.3 Å². The van der Waals surface area contributed by atoms with Gasteiger partial charge in [-0.05, 0) is 114 Å². The van der Waals surface area contributed by atoms with E-state index in [4.69, 9.17) is 0 Å². The minimum atomic E-state index is 0.996. The second-order valence-corrected chi connectivity index (χ2v) is 14.5. The maximum absolute atomic E-state index is 4.65. The molecule has 3 heteroatoms. The van der Waals surface area contributed by atoms with Crippen molar-refractivity contribution in [2.24, 2.45) is 0 Å². The first-order valence-electron chi connectivity index (χ1n) is 18.8. The topological polar surface area (TPSA) is 30.7 Å². The van der Waals surface area contributed by atoms with Crippen LogP contribution in [-0.2, 0) is 0 Å². The second-order valence-electron chi connectivity index (χ2n) is 14.5. The number of nitrogens with zero attached hydrogens (tertiary/aromatic N) is 3. The quantitative estimate of drug-likeness (QED) is 0.183. The van der Waals surface area contributed by atoms with Crippen LogP contribution in [0.2, 0.25) is 0 Å². The van der Waals surface area contributed by atoms with Gasteiger partial charge in [0.05, 0.1) is 22.7 Å². The van der Waals surface area contributed by atoms with E-state index in [1.165, 1.54) is 88.0 Å². The zero-order chi connectivity index (χ0) is 36.0. The molecule has 3 heterocycles. The lowest BCUT2D eigenvalue weighted by Gasteiger charge is -2.20. The van der Waals surface area contributed by atoms with Crippen LogP contribution < -0.4 is 0 Å². The van der Waals surface area contributed by atoms with E-state index in [1.54, 1.807) is 0 Å². The van der Waals surface area contributed by atoms with Gasteiger partial charge in [-0.25, -0.2) is 0 Å². The van der Waals surface area contributed by atoms with Crippen molar-refractivity contribution in [3.63, 3.8) is 0 Å². The number of pyridine rings is 2. The highest BCUT2D eigenvalue weighted by Crippen LogP contribution is 2.58. The lowest BCUT2D eigenvalue weighted by molar-refractivity contribution is 1.17. The molecule has 0 N–H and O–H groups in total. The third-order valence-electron chi connectivity index (χ3n) is 11.6. The Balaban J connectivity index is 1.08. The number of fused-ring (bicyclic) bond motifs is 8. The van der Waals surface area contributed by atoms with Crippen LogP contribution in [0.15, 0.2) is 188 Å². The Morgan fingerprint density at radius 3 is 1.76 bits per heavy atom. The molecule has 254 valence electrons. The summed E-state index contributed by atoms with van der Waals surface area (Å²) in [4.78, 5) is 9.18. The predicted octanol–water partition coefficient (Wildman–Crippen LogP) is 13.7. The van der Waals surface area contributed by atoms with Gasteiger partial charge in [0.25, 0.3) is 0 Å². The molecule has 3 aromatic heterocycles. The normalized spacial score (nSPS) is 12.0. The van der Waals surface area contributed by atoms with Crippen molar-refractivity contribution < 1.29 is 0 Å². The molecule has 0 spiro atoms. The van der Waals surface area contributed by atoms with Gasteiger partial charge in [-0.1, -0.05) is 133 Å². The van der Waals surface area contributed by atoms with E-state index in [2.05, 4.69) is 178 Å². The first-order valence-corrected chi connectivity index (χ1v) is 18.8. The number of benzene rings is 8. The molecule has 0 fully saturated rings. The predicted molar refractivity (Wildman–Crippen MR) is 230 cm³/mol. The highest BCUT2D eigenvalue weighted by molar-refractivity contribution is 6.28. The summed E-state index contributed by atoms with van der Waals surface area (Å²) < 4.78 is 2.33. The van der Waals surface area contributed by atoms with Gasteiger partial charge in [0.15, 0.2) is 0 Å². The van der Waals surface area contributed by atoms with Crippen molar-refractivity contribution in [3.05, 3.63) is 188 Å². The SMILES string of the molecule is c1ccc(-c2c3c(c(-c4ccccc4)c4ccccc24)-c2ccc(-c4ccc(-n5c6cnccc6c6cc7ncccc7cc65)cc4)c4cccc-3c24)cc1. The fourth-order valence-corrected chi connectivity index (χ4v) is 9.36. The van der Waals surface area contributed by atoms with E-state index in [1.807, 2.05) is 24.7 Å². The fourth-order valence-electron chi connectivity index (χ4n) is 9.36. The molecule has 0 amide bonds. The molecule has 1 aliphatic rings. The molecule has 0 saturated heterocycles. The highest BCUT2D eigenvalue weighted by atomic mass is 15.0. The van der Waals surface area contributed by atoms with Gasteiger partial charge in [-0.2, -0.15) is 0 Å². The maximum atomic E-state index is 4.65. The summed E-state index contributed by atoms with van der Waals surface area (Å²) in [5, 5.41) is 8.60. The molecule has 3 nitrogen and oxygen atoms in total. The van der Waals surface area contributed by atoms with Gasteiger partial charge in [0.2, 0.25) is 0 Å². The number of hydrogen-bond donors (Lipinski definition) is 0. The summed E-state index contributed by atoms with van der Waals surface area (Å²) in [6, 6.07) is 62.1. The maximum Gasteiger partial charge on any atom is 0.0724 e. The van der Waals surface area contributed by atoms with Crippen molar-refractivity contribution in [2.45, 2.75) is 0 Å². The van der Waals surface area contributed by atoms with Crippen LogP contribution in [0.3, 0.4) is 0 Å². The third-order valence-corrected chi connectivity index (χ3v) is 11.6. The summed E-state index contributed by atoms with van der Waals surface area (Å²) in [5.74, 6) is 0. The van der Waals surface area contributed by atoms with Crippen LogP contribution >= 0.6 is 0 Å². The molecule has 55 heavy (non-hydrogen) atoms. The molecule has 0 saturated carbocycles. The molecule has 0 bridgehead atoms. The van der Waals surface area contributed by atoms with Gasteiger partial charge in [-0.15, -0.1) is 0 Å². The van der Waals surface area contributed by atoms with Crippen LogP contribution in [-0.4, -0.2) is 14.5 Å². The number of aromatic nitrogens is 3. The van der Waals surface area contributed by atoms with Gasteiger partial charge >= 0.3 is 0 Å². The Hall–Kier alpha value is -7.36. The third kappa shape index (κ3) is 4.32. The van der Waals surface area contributed by atoms with Crippen LogP contribution in [0.25, 0.3) is 116 Å². The van der Waals surface area contributed by atoms with Crippen molar-refractivity contribution in [2.75, 3.05) is 0 Å². The van der Waals surface area contributed by atoms with Crippen LogP contribution in [0, 0.1) is 0 Å². The molecular formula is C52H31N3. The highest BCUT2D eigenvalue weighted by Gasteiger charge is 2.31. The minimum Gasteiger partial charge on any atom is -0.308 e. The largest absolute Gasteiger partial charge is 0.308 e. The molecule has 0 aliphatic heterocycles. The summed E-state index contributed by atoms with van der Waals surface area (Å²) >= 11 is 0. The second kappa shape index (κ2) is 11.6. The van der Waals surface area contributed by atoms with Gasteiger partial charge in [0.1, 0.15) is 0 Å². The fraction of sp³-hybridized carbons (Fsp3) is 0. The molecule has 0 unspecified atom stereocenters. The van der Waals surface area contributed by atoms with Crippen molar-refractivity contribution in [1.82, 2.24) is 14.5 Å². The van der Waals surface area contributed by atoms with E-state index >= 15 is 0 Å². The summed E-state index contributed by atoms with van der Waals surface area (Å²) in [6.45, 7) is 0. The van der Waals surface area contributed by atoms with Crippen LogP contribution in [0.4, 0.5) is 0 Å². The lowest BCUT2D eigenvalue weighted by atomic mass is 9.82. The van der Waals surface area contributed by atoms with Gasteiger partial charge < -0.3 is 4.57 Å². The van der Waals surface area contributed by atoms with Gasteiger partial charge in [0, 0.05) is 34.2 Å². The molecule has 1 aliphatic carbocycles. The molecule has 0 radical (unpaired) electrons. The first-order chi connectivity index (χ1) is 27.3.